The van der Waals surface area contributed by atoms with Gasteiger partial charge in [0.1, 0.15) is 17.3 Å². The van der Waals surface area contributed by atoms with Crippen molar-refractivity contribution < 1.29 is 22.3 Å². The van der Waals surface area contributed by atoms with Gasteiger partial charge in [0.25, 0.3) is 0 Å². The zero-order valence-electron chi connectivity index (χ0n) is 13.8. The summed E-state index contributed by atoms with van der Waals surface area (Å²) in [6, 6.07) is 10.6. The first kappa shape index (κ1) is 18.2. The molecular weight excluding hydrogens is 333 g/mol. The Morgan fingerprint density at radius 3 is 2.29 bits per heavy atom. The van der Waals surface area contributed by atoms with Crippen molar-refractivity contribution in [1.82, 2.24) is 4.31 Å². The van der Waals surface area contributed by atoms with Crippen LogP contribution in [0.15, 0.2) is 42.5 Å². The van der Waals surface area contributed by atoms with E-state index in [1.54, 1.807) is 25.3 Å². The van der Waals surface area contributed by atoms with Gasteiger partial charge in [0.2, 0.25) is 10.0 Å². The molecule has 2 aromatic carbocycles. The van der Waals surface area contributed by atoms with Gasteiger partial charge in [0.15, 0.2) is 0 Å². The Hall–Kier alpha value is -2.12. The summed E-state index contributed by atoms with van der Waals surface area (Å²) < 4.78 is 49.6. The fourth-order valence-electron chi connectivity index (χ4n) is 2.22. The van der Waals surface area contributed by atoms with Gasteiger partial charge >= 0.3 is 0 Å². The smallest absolute Gasteiger partial charge is 0.218 e. The standard InChI is InChI=1S/C17H20FNO4S/c1-19(11-14-6-9-16(22-2)10-17(14)23-3)24(20,21)12-13-4-7-15(18)8-5-13/h4-10H,11-12H2,1-3H3. The molecule has 0 amide bonds. The van der Waals surface area contributed by atoms with Crippen LogP contribution in [0, 0.1) is 5.82 Å². The van der Waals surface area contributed by atoms with E-state index in [4.69, 9.17) is 9.47 Å². The maximum Gasteiger partial charge on any atom is 0.218 e. The van der Waals surface area contributed by atoms with Gasteiger partial charge in [-0.1, -0.05) is 18.2 Å². The van der Waals surface area contributed by atoms with Gasteiger partial charge in [-0.15, -0.1) is 0 Å². The molecule has 0 bridgehead atoms. The third-order valence-corrected chi connectivity index (χ3v) is 5.40. The summed E-state index contributed by atoms with van der Waals surface area (Å²) in [6.45, 7) is 0.163. The quantitative estimate of drug-likeness (QED) is 0.768. The molecule has 0 aliphatic carbocycles. The SMILES string of the molecule is COc1ccc(CN(C)S(=O)(=O)Cc2ccc(F)cc2)c(OC)c1. The molecule has 0 heterocycles. The lowest BCUT2D eigenvalue weighted by Crippen LogP contribution is -2.28. The number of methoxy groups -OCH3 is 2. The first-order valence-corrected chi connectivity index (χ1v) is 8.86. The number of rotatable bonds is 7. The van der Waals surface area contributed by atoms with Crippen molar-refractivity contribution >= 4 is 10.0 Å². The normalized spacial score (nSPS) is 11.5. The Balaban J connectivity index is 2.15. The second-order valence-electron chi connectivity index (χ2n) is 5.32. The van der Waals surface area contributed by atoms with Crippen molar-refractivity contribution in [2.24, 2.45) is 0 Å². The molecule has 24 heavy (non-hydrogen) atoms. The van der Waals surface area contributed by atoms with E-state index in [9.17, 15) is 12.8 Å². The van der Waals surface area contributed by atoms with Gasteiger partial charge < -0.3 is 9.47 Å². The highest BCUT2D eigenvalue weighted by molar-refractivity contribution is 7.88. The van der Waals surface area contributed by atoms with Crippen molar-refractivity contribution in [1.29, 1.82) is 0 Å². The molecule has 0 unspecified atom stereocenters. The highest BCUT2D eigenvalue weighted by Crippen LogP contribution is 2.26. The summed E-state index contributed by atoms with van der Waals surface area (Å²) in [6.07, 6.45) is 0. The zero-order chi connectivity index (χ0) is 17.7. The largest absolute Gasteiger partial charge is 0.497 e. The first-order chi connectivity index (χ1) is 11.4. The molecule has 5 nitrogen and oxygen atoms in total. The molecule has 0 spiro atoms. The van der Waals surface area contributed by atoms with Gasteiger partial charge in [0.05, 0.1) is 20.0 Å². The van der Waals surface area contributed by atoms with Crippen LogP contribution in [0.25, 0.3) is 0 Å². The zero-order valence-corrected chi connectivity index (χ0v) is 14.6. The molecule has 2 rings (SSSR count). The Bertz CT molecular complexity index is 791. The van der Waals surface area contributed by atoms with Gasteiger partial charge in [0, 0.05) is 25.2 Å². The number of sulfonamides is 1. The molecule has 0 fully saturated rings. The molecule has 0 atom stereocenters. The molecule has 0 aliphatic heterocycles. The number of hydrogen-bond acceptors (Lipinski definition) is 4. The predicted molar refractivity (Wildman–Crippen MR) is 90.0 cm³/mol. The monoisotopic (exact) mass is 353 g/mol. The van der Waals surface area contributed by atoms with Crippen molar-refractivity contribution in [3.05, 3.63) is 59.4 Å². The van der Waals surface area contributed by atoms with E-state index in [1.165, 1.54) is 42.7 Å². The highest BCUT2D eigenvalue weighted by Gasteiger charge is 2.20. The lowest BCUT2D eigenvalue weighted by atomic mass is 10.2. The van der Waals surface area contributed by atoms with E-state index in [0.29, 0.717) is 17.1 Å². The van der Waals surface area contributed by atoms with Crippen LogP contribution < -0.4 is 9.47 Å². The summed E-state index contributed by atoms with van der Waals surface area (Å²) in [7, 11) is 1.03. The molecule has 0 aliphatic rings. The second kappa shape index (κ2) is 7.63. The van der Waals surface area contributed by atoms with Crippen molar-refractivity contribution in [3.8, 4) is 11.5 Å². The minimum atomic E-state index is -3.54. The van der Waals surface area contributed by atoms with E-state index >= 15 is 0 Å². The summed E-state index contributed by atoms with van der Waals surface area (Å²) in [5.74, 6) is 0.598. The summed E-state index contributed by atoms with van der Waals surface area (Å²) >= 11 is 0. The minimum Gasteiger partial charge on any atom is -0.497 e. The molecule has 0 saturated carbocycles. The third-order valence-electron chi connectivity index (χ3n) is 3.62. The summed E-state index contributed by atoms with van der Waals surface area (Å²) in [5.41, 5.74) is 1.26. The van der Waals surface area contributed by atoms with Gasteiger partial charge in [-0.05, 0) is 23.8 Å². The van der Waals surface area contributed by atoms with Crippen LogP contribution in [-0.4, -0.2) is 34.0 Å². The van der Waals surface area contributed by atoms with Crippen LogP contribution >= 0.6 is 0 Å². The topological polar surface area (TPSA) is 55.8 Å². The summed E-state index contributed by atoms with van der Waals surface area (Å²) in [5, 5.41) is 0. The molecule has 2 aromatic rings. The molecule has 0 N–H and O–H groups in total. The Labute approximate surface area is 141 Å². The van der Waals surface area contributed by atoms with E-state index in [0.717, 1.165) is 5.56 Å². The molecule has 0 aromatic heterocycles. The van der Waals surface area contributed by atoms with E-state index in [-0.39, 0.29) is 12.3 Å². The first-order valence-electron chi connectivity index (χ1n) is 7.25. The van der Waals surface area contributed by atoms with E-state index < -0.39 is 15.8 Å². The molecule has 7 heteroatoms. The van der Waals surface area contributed by atoms with E-state index in [1.807, 2.05) is 0 Å². The third kappa shape index (κ3) is 4.46. The molecule has 130 valence electrons. The molecule has 0 radical (unpaired) electrons. The van der Waals surface area contributed by atoms with Crippen molar-refractivity contribution in [2.45, 2.75) is 12.3 Å². The Kier molecular flexibility index (Phi) is 5.80. The van der Waals surface area contributed by atoms with Crippen LogP contribution in [0.5, 0.6) is 11.5 Å². The minimum absolute atomic E-state index is 0.163. The average molecular weight is 353 g/mol. The number of hydrogen-bond donors (Lipinski definition) is 0. The van der Waals surface area contributed by atoms with Crippen LogP contribution in [0.4, 0.5) is 4.39 Å². The maximum atomic E-state index is 12.9. The Morgan fingerprint density at radius 1 is 1.04 bits per heavy atom. The lowest BCUT2D eigenvalue weighted by molar-refractivity contribution is 0.384. The molecular formula is C17H20FNO4S. The molecule has 0 saturated heterocycles. The van der Waals surface area contributed by atoms with Crippen LogP contribution in [0.3, 0.4) is 0 Å². The van der Waals surface area contributed by atoms with Crippen molar-refractivity contribution in [3.63, 3.8) is 0 Å². The van der Waals surface area contributed by atoms with Gasteiger partial charge in [-0.2, -0.15) is 0 Å². The summed E-state index contributed by atoms with van der Waals surface area (Å²) in [4.78, 5) is 0. The van der Waals surface area contributed by atoms with Gasteiger partial charge in [-0.3, -0.25) is 0 Å². The number of benzene rings is 2. The van der Waals surface area contributed by atoms with Crippen LogP contribution in [0.1, 0.15) is 11.1 Å². The van der Waals surface area contributed by atoms with Crippen LogP contribution in [-0.2, 0) is 22.3 Å². The second-order valence-corrected chi connectivity index (χ2v) is 7.39. The lowest BCUT2D eigenvalue weighted by Gasteiger charge is -2.19. The number of ether oxygens (including phenoxy) is 2. The predicted octanol–water partition coefficient (Wildman–Crippen LogP) is 2.80. The number of nitrogens with zero attached hydrogens (tertiary/aromatic N) is 1. The fraction of sp³-hybridized carbons (Fsp3) is 0.294. The Morgan fingerprint density at radius 2 is 1.71 bits per heavy atom. The fourth-order valence-corrected chi connectivity index (χ4v) is 3.39. The van der Waals surface area contributed by atoms with Gasteiger partial charge in [-0.25, -0.2) is 17.1 Å². The average Bonchev–Trinajstić information content (AvgIpc) is 2.57. The van der Waals surface area contributed by atoms with Crippen LogP contribution in [0.2, 0.25) is 0 Å². The number of halogens is 1. The maximum absolute atomic E-state index is 12.9. The van der Waals surface area contributed by atoms with E-state index in [2.05, 4.69) is 0 Å². The highest BCUT2D eigenvalue weighted by atomic mass is 32.2. The van der Waals surface area contributed by atoms with Crippen molar-refractivity contribution in [2.75, 3.05) is 21.3 Å².